The Labute approximate surface area is 124 Å². The molecule has 0 amide bonds. The van der Waals surface area contributed by atoms with Crippen LogP contribution in [0.25, 0.3) is 0 Å². The zero-order valence-electron chi connectivity index (χ0n) is 10.0. The van der Waals surface area contributed by atoms with Crippen LogP contribution in [0.5, 0.6) is 0 Å². The third-order valence-corrected chi connectivity index (χ3v) is 7.93. The molecule has 0 aromatic carbocycles. The van der Waals surface area contributed by atoms with E-state index in [9.17, 15) is 9.59 Å². The van der Waals surface area contributed by atoms with E-state index < -0.39 is 0 Å². The molecule has 8 atom stereocenters. The predicted octanol–water partition coefficient (Wildman–Crippen LogP) is 2.96. The first-order valence-electron chi connectivity index (χ1n) is 6.97. The van der Waals surface area contributed by atoms with Crippen molar-refractivity contribution in [3.05, 3.63) is 0 Å². The van der Waals surface area contributed by atoms with Crippen molar-refractivity contribution in [1.82, 2.24) is 0 Å². The second-order valence-electron chi connectivity index (χ2n) is 6.41. The summed E-state index contributed by atoms with van der Waals surface area (Å²) >= 11 is 7.42. The standard InChI is InChI=1S/C14H16Br2O2/c15-7-3-1-5-9-10-6(13(5)17)2-4-8(16)12(10)14(18)11(7)9/h5-12H,1-4H2. The molecule has 0 aromatic rings. The first kappa shape index (κ1) is 12.1. The lowest BCUT2D eigenvalue weighted by molar-refractivity contribution is -0.131. The minimum Gasteiger partial charge on any atom is -0.299 e. The molecule has 4 aliphatic carbocycles. The van der Waals surface area contributed by atoms with Crippen LogP contribution in [0, 0.1) is 35.5 Å². The highest BCUT2D eigenvalue weighted by Gasteiger charge is 2.67. The lowest BCUT2D eigenvalue weighted by Gasteiger charge is -2.33. The molecule has 4 fully saturated rings. The highest BCUT2D eigenvalue weighted by Crippen LogP contribution is 2.63. The fourth-order valence-electron chi connectivity index (χ4n) is 5.32. The SMILES string of the molecule is O=C1C2CCC(Br)C3C(=O)C4C(Br)CCC1C4C23. The number of rotatable bonds is 0. The predicted molar refractivity (Wildman–Crippen MR) is 74.9 cm³/mol. The normalized spacial score (nSPS) is 57.9. The molecule has 0 aromatic heterocycles. The Bertz CT molecular complexity index is 400. The van der Waals surface area contributed by atoms with Crippen molar-refractivity contribution in [2.75, 3.05) is 0 Å². The Balaban J connectivity index is 1.84. The highest BCUT2D eigenvalue weighted by atomic mass is 79.9. The molecule has 4 aliphatic rings. The number of hydrogen-bond acceptors (Lipinski definition) is 2. The van der Waals surface area contributed by atoms with Crippen LogP contribution in [0.15, 0.2) is 0 Å². The number of ketones is 2. The summed E-state index contributed by atoms with van der Waals surface area (Å²) in [6.45, 7) is 0. The van der Waals surface area contributed by atoms with Crippen LogP contribution < -0.4 is 0 Å². The summed E-state index contributed by atoms with van der Waals surface area (Å²) in [6, 6.07) is 0. The Hall–Kier alpha value is 0.300. The van der Waals surface area contributed by atoms with E-state index in [1.807, 2.05) is 0 Å². The molecule has 0 N–H and O–H groups in total. The average molecular weight is 376 g/mol. The highest BCUT2D eigenvalue weighted by molar-refractivity contribution is 9.09. The fraction of sp³-hybridized carbons (Fsp3) is 0.857. The summed E-state index contributed by atoms with van der Waals surface area (Å²) in [7, 11) is 0. The van der Waals surface area contributed by atoms with E-state index in [0.717, 1.165) is 25.7 Å². The van der Waals surface area contributed by atoms with Crippen LogP contribution in [0.2, 0.25) is 0 Å². The smallest absolute Gasteiger partial charge is 0.141 e. The lowest BCUT2D eigenvalue weighted by atomic mass is 9.73. The summed E-state index contributed by atoms with van der Waals surface area (Å²) < 4.78 is 0. The second kappa shape index (κ2) is 3.91. The Morgan fingerprint density at radius 3 is 1.61 bits per heavy atom. The van der Waals surface area contributed by atoms with Gasteiger partial charge in [-0.25, -0.2) is 0 Å². The minimum absolute atomic E-state index is 0.117. The largest absolute Gasteiger partial charge is 0.299 e. The zero-order chi connectivity index (χ0) is 12.6. The van der Waals surface area contributed by atoms with Gasteiger partial charge in [-0.2, -0.15) is 0 Å². The van der Waals surface area contributed by atoms with Gasteiger partial charge in [-0.05, 0) is 37.5 Å². The van der Waals surface area contributed by atoms with Gasteiger partial charge in [0.05, 0.1) is 0 Å². The second-order valence-corrected chi connectivity index (χ2v) is 8.76. The van der Waals surface area contributed by atoms with E-state index >= 15 is 0 Å². The van der Waals surface area contributed by atoms with Gasteiger partial charge in [0.1, 0.15) is 11.6 Å². The van der Waals surface area contributed by atoms with Gasteiger partial charge in [-0.15, -0.1) is 0 Å². The van der Waals surface area contributed by atoms with Gasteiger partial charge in [0.25, 0.3) is 0 Å². The summed E-state index contributed by atoms with van der Waals surface area (Å²) in [4.78, 5) is 25.8. The van der Waals surface area contributed by atoms with Crippen LogP contribution in [0.1, 0.15) is 25.7 Å². The quantitative estimate of drug-likeness (QED) is 0.610. The van der Waals surface area contributed by atoms with Gasteiger partial charge in [-0.1, -0.05) is 31.9 Å². The molecule has 4 saturated carbocycles. The minimum atomic E-state index is 0.117. The first-order valence-corrected chi connectivity index (χ1v) is 8.80. The van der Waals surface area contributed by atoms with E-state index in [1.165, 1.54) is 0 Å². The Kier molecular flexibility index (Phi) is 2.62. The number of carbonyl (C=O) groups is 2. The van der Waals surface area contributed by atoms with E-state index in [0.29, 0.717) is 33.1 Å². The number of carbonyl (C=O) groups excluding carboxylic acids is 2. The molecule has 0 spiro atoms. The molecule has 0 heterocycles. The van der Waals surface area contributed by atoms with Crippen LogP contribution in [0.4, 0.5) is 0 Å². The van der Waals surface area contributed by atoms with E-state index in [-0.39, 0.29) is 23.7 Å². The van der Waals surface area contributed by atoms with Crippen molar-refractivity contribution in [3.8, 4) is 0 Å². The molecule has 0 aliphatic heterocycles. The number of alkyl halides is 2. The fourth-order valence-corrected chi connectivity index (χ4v) is 7.07. The van der Waals surface area contributed by atoms with Crippen LogP contribution in [-0.4, -0.2) is 21.2 Å². The molecule has 18 heavy (non-hydrogen) atoms. The monoisotopic (exact) mass is 374 g/mol. The number of halogens is 2. The molecule has 0 saturated heterocycles. The van der Waals surface area contributed by atoms with Crippen molar-refractivity contribution < 1.29 is 9.59 Å². The zero-order valence-corrected chi connectivity index (χ0v) is 13.2. The molecule has 4 rings (SSSR count). The summed E-state index contributed by atoms with van der Waals surface area (Å²) in [5, 5.41) is 0. The number of hydrogen-bond donors (Lipinski definition) is 0. The molecule has 2 nitrogen and oxygen atoms in total. The van der Waals surface area contributed by atoms with Crippen molar-refractivity contribution >= 4 is 43.4 Å². The van der Waals surface area contributed by atoms with Gasteiger partial charge in [0.15, 0.2) is 0 Å². The van der Waals surface area contributed by atoms with Crippen LogP contribution >= 0.6 is 31.9 Å². The van der Waals surface area contributed by atoms with Crippen molar-refractivity contribution in [3.63, 3.8) is 0 Å². The maximum Gasteiger partial charge on any atom is 0.141 e. The maximum absolute atomic E-state index is 12.7. The van der Waals surface area contributed by atoms with Crippen LogP contribution in [0.3, 0.4) is 0 Å². The Morgan fingerprint density at radius 1 is 0.722 bits per heavy atom. The van der Waals surface area contributed by atoms with Crippen molar-refractivity contribution in [2.24, 2.45) is 35.5 Å². The third-order valence-electron chi connectivity index (χ3n) is 5.88. The number of Topliss-reactive ketones (excluding diaryl/α,β-unsaturated/α-hetero) is 2. The van der Waals surface area contributed by atoms with Gasteiger partial charge in [0.2, 0.25) is 0 Å². The van der Waals surface area contributed by atoms with Crippen LogP contribution in [-0.2, 0) is 9.59 Å². The van der Waals surface area contributed by atoms with Gasteiger partial charge < -0.3 is 0 Å². The molecular formula is C14H16Br2O2. The molecule has 98 valence electrons. The molecular weight excluding hydrogens is 360 g/mol. The third kappa shape index (κ3) is 1.29. The van der Waals surface area contributed by atoms with Gasteiger partial charge in [-0.3, -0.25) is 9.59 Å². The summed E-state index contributed by atoms with van der Waals surface area (Å²) in [6.07, 6.45) is 3.97. The van der Waals surface area contributed by atoms with E-state index in [1.54, 1.807) is 0 Å². The Morgan fingerprint density at radius 2 is 1.17 bits per heavy atom. The van der Waals surface area contributed by atoms with Crippen molar-refractivity contribution in [1.29, 1.82) is 0 Å². The van der Waals surface area contributed by atoms with Gasteiger partial charge in [0, 0.05) is 33.3 Å². The molecule has 0 bridgehead atoms. The topological polar surface area (TPSA) is 34.1 Å². The summed E-state index contributed by atoms with van der Waals surface area (Å²) in [5.74, 6) is 2.28. The first-order chi connectivity index (χ1) is 8.61. The molecule has 0 radical (unpaired) electrons. The van der Waals surface area contributed by atoms with E-state index in [2.05, 4.69) is 31.9 Å². The lowest BCUT2D eigenvalue weighted by Crippen LogP contribution is -2.39. The molecule has 8 unspecified atom stereocenters. The maximum atomic E-state index is 12.7. The van der Waals surface area contributed by atoms with E-state index in [4.69, 9.17) is 0 Å². The summed E-state index contributed by atoms with van der Waals surface area (Å²) in [5.41, 5.74) is 0. The van der Waals surface area contributed by atoms with Crippen molar-refractivity contribution in [2.45, 2.75) is 35.3 Å². The molecule has 4 heteroatoms. The average Bonchev–Trinajstić information content (AvgIpc) is 2.79. The van der Waals surface area contributed by atoms with Gasteiger partial charge >= 0.3 is 0 Å².